The van der Waals surface area contributed by atoms with Gasteiger partial charge in [0.2, 0.25) is 17.6 Å². The van der Waals surface area contributed by atoms with Gasteiger partial charge in [0.25, 0.3) is 5.91 Å². The van der Waals surface area contributed by atoms with Crippen LogP contribution in [0.2, 0.25) is 0 Å². The quantitative estimate of drug-likeness (QED) is 0.474. The lowest BCUT2D eigenvalue weighted by molar-refractivity contribution is -0.116. The van der Waals surface area contributed by atoms with Gasteiger partial charge in [-0.3, -0.25) is 9.59 Å². The summed E-state index contributed by atoms with van der Waals surface area (Å²) in [6, 6.07) is 7.83. The summed E-state index contributed by atoms with van der Waals surface area (Å²) in [5.41, 5.74) is 1.34. The van der Waals surface area contributed by atoms with Gasteiger partial charge in [-0.25, -0.2) is 9.78 Å². The molecule has 2 heterocycles. The summed E-state index contributed by atoms with van der Waals surface area (Å²) in [5.74, 6) is -0.715. The molecule has 0 aliphatic heterocycles. The smallest absolute Gasteiger partial charge is 0.350 e. The Hall–Kier alpha value is -4.11. The number of nitriles is 1. The summed E-state index contributed by atoms with van der Waals surface area (Å²) in [6.45, 7) is 3.29. The van der Waals surface area contributed by atoms with Gasteiger partial charge < -0.3 is 19.9 Å². The Kier molecular flexibility index (Phi) is 7.47. The molecule has 0 fully saturated rings. The minimum Gasteiger partial charge on any atom is -0.465 e. The molecule has 3 aromatic rings. The second kappa shape index (κ2) is 10.5. The highest BCUT2D eigenvalue weighted by molar-refractivity contribution is 7.17. The van der Waals surface area contributed by atoms with Gasteiger partial charge in [-0.15, -0.1) is 0 Å². The van der Waals surface area contributed by atoms with Crippen molar-refractivity contribution >= 4 is 34.3 Å². The Morgan fingerprint density at radius 1 is 1.27 bits per heavy atom. The minimum absolute atomic E-state index is 0.0762. The van der Waals surface area contributed by atoms with E-state index in [1.165, 1.54) is 7.11 Å². The van der Waals surface area contributed by atoms with Crippen LogP contribution in [0.1, 0.15) is 44.5 Å². The Morgan fingerprint density at radius 2 is 2.06 bits per heavy atom. The molecule has 2 aromatic heterocycles. The third-order valence-electron chi connectivity index (χ3n) is 4.43. The zero-order chi connectivity index (χ0) is 24.0. The second-order valence-electron chi connectivity index (χ2n) is 6.93. The van der Waals surface area contributed by atoms with Crippen LogP contribution in [0, 0.1) is 25.2 Å². The van der Waals surface area contributed by atoms with Crippen molar-refractivity contribution in [3.05, 3.63) is 46.3 Å². The summed E-state index contributed by atoms with van der Waals surface area (Å²) < 4.78 is 9.64. The molecular weight excluding hydrogens is 448 g/mol. The third kappa shape index (κ3) is 5.98. The van der Waals surface area contributed by atoms with Gasteiger partial charge in [-0.2, -0.15) is 10.2 Å². The van der Waals surface area contributed by atoms with Crippen LogP contribution in [0.25, 0.3) is 11.4 Å². The fraction of sp³-hybridized carbons (Fsp3) is 0.286. The first-order valence-corrected chi connectivity index (χ1v) is 10.6. The normalized spacial score (nSPS) is 11.3. The third-order valence-corrected chi connectivity index (χ3v) is 5.48. The highest BCUT2D eigenvalue weighted by atomic mass is 32.1. The van der Waals surface area contributed by atoms with Crippen molar-refractivity contribution in [1.29, 1.82) is 5.26 Å². The molecule has 0 aliphatic carbocycles. The Bertz CT molecular complexity index is 1230. The maximum Gasteiger partial charge on any atom is 0.350 e. The zero-order valence-electron chi connectivity index (χ0n) is 18.0. The molecule has 0 saturated carbocycles. The van der Waals surface area contributed by atoms with E-state index >= 15 is 0 Å². The van der Waals surface area contributed by atoms with E-state index < -0.39 is 23.8 Å². The van der Waals surface area contributed by atoms with Crippen LogP contribution in [-0.4, -0.2) is 46.1 Å². The van der Waals surface area contributed by atoms with Gasteiger partial charge in [-0.05, 0) is 19.1 Å². The molecule has 2 N–H and O–H groups in total. The number of methoxy groups -OCH3 is 1. The Labute approximate surface area is 192 Å². The molecule has 3 rings (SSSR count). The molecule has 0 aliphatic rings. The number of nitrogens with zero attached hydrogens (tertiary/aromatic N) is 4. The molecule has 11 nitrogen and oxygen atoms in total. The van der Waals surface area contributed by atoms with E-state index in [1.54, 1.807) is 38.1 Å². The van der Waals surface area contributed by atoms with Crippen LogP contribution >= 0.6 is 11.3 Å². The monoisotopic (exact) mass is 468 g/mol. The van der Waals surface area contributed by atoms with Gasteiger partial charge in [0, 0.05) is 24.5 Å². The molecule has 0 unspecified atom stereocenters. The summed E-state index contributed by atoms with van der Waals surface area (Å²) in [6.07, 6.45) is -0.234. The lowest BCUT2D eigenvalue weighted by Gasteiger charge is -2.15. The summed E-state index contributed by atoms with van der Waals surface area (Å²) >= 11 is 0.983. The Morgan fingerprint density at radius 3 is 2.73 bits per heavy atom. The van der Waals surface area contributed by atoms with Crippen molar-refractivity contribution < 1.29 is 23.6 Å². The average molecular weight is 468 g/mol. The topological polar surface area (TPSA) is 160 Å². The first-order valence-electron chi connectivity index (χ1n) is 9.74. The molecular formula is C21H20N6O5S. The van der Waals surface area contributed by atoms with E-state index in [0.29, 0.717) is 28.5 Å². The fourth-order valence-electron chi connectivity index (χ4n) is 2.90. The number of amides is 2. The van der Waals surface area contributed by atoms with E-state index in [-0.39, 0.29) is 22.9 Å². The number of benzene rings is 1. The molecule has 1 atom stereocenters. The van der Waals surface area contributed by atoms with E-state index in [2.05, 4.69) is 30.5 Å². The average Bonchev–Trinajstić information content (AvgIpc) is 3.38. The maximum absolute atomic E-state index is 12.7. The van der Waals surface area contributed by atoms with Gasteiger partial charge in [-0.1, -0.05) is 28.6 Å². The van der Waals surface area contributed by atoms with Gasteiger partial charge in [0.05, 0.1) is 31.3 Å². The van der Waals surface area contributed by atoms with Crippen molar-refractivity contribution in [2.45, 2.75) is 32.7 Å². The van der Waals surface area contributed by atoms with Crippen LogP contribution in [0.3, 0.4) is 0 Å². The largest absolute Gasteiger partial charge is 0.465 e. The number of esters is 1. The van der Waals surface area contributed by atoms with Crippen LogP contribution < -0.4 is 10.6 Å². The maximum atomic E-state index is 12.7. The first kappa shape index (κ1) is 23.6. The van der Waals surface area contributed by atoms with Crippen molar-refractivity contribution in [3.8, 4) is 17.5 Å². The summed E-state index contributed by atoms with van der Waals surface area (Å²) in [4.78, 5) is 45.5. The SMILES string of the molecule is COC(=O)c1sc(NC(=O)C[C@@H](CC#N)NC(=O)c2cccc(-c3noc(C)n3)c2)nc1C. The van der Waals surface area contributed by atoms with Crippen molar-refractivity contribution in [2.24, 2.45) is 0 Å². The number of aromatic nitrogens is 3. The predicted octanol–water partition coefficient (Wildman–Crippen LogP) is 2.64. The van der Waals surface area contributed by atoms with Gasteiger partial charge in [0.15, 0.2) is 5.13 Å². The van der Waals surface area contributed by atoms with E-state index in [9.17, 15) is 14.4 Å². The molecule has 0 spiro atoms. The molecule has 1 aromatic carbocycles. The first-order chi connectivity index (χ1) is 15.8. The molecule has 0 radical (unpaired) electrons. The number of aryl methyl sites for hydroxylation is 2. The highest BCUT2D eigenvalue weighted by Crippen LogP contribution is 2.23. The number of anilines is 1. The highest BCUT2D eigenvalue weighted by Gasteiger charge is 2.21. The van der Waals surface area contributed by atoms with Crippen molar-refractivity contribution in [3.63, 3.8) is 0 Å². The predicted molar refractivity (Wildman–Crippen MR) is 117 cm³/mol. The molecule has 2 amide bonds. The van der Waals surface area contributed by atoms with E-state index in [4.69, 9.17) is 9.78 Å². The number of carbonyl (C=O) groups is 3. The van der Waals surface area contributed by atoms with Gasteiger partial charge in [0.1, 0.15) is 4.88 Å². The lowest BCUT2D eigenvalue weighted by atomic mass is 10.1. The van der Waals surface area contributed by atoms with Crippen LogP contribution in [0.5, 0.6) is 0 Å². The van der Waals surface area contributed by atoms with E-state index in [0.717, 1.165) is 11.3 Å². The standard InChI is InChI=1S/C21H20N6O5S/c1-11-17(20(30)31-3)33-21(23-11)26-16(28)10-15(7-8-22)25-19(29)14-6-4-5-13(9-14)18-24-12(2)32-27-18/h4-6,9,15H,7,10H2,1-3H3,(H,25,29)(H,23,26,28)/t15-/m1/s1. The van der Waals surface area contributed by atoms with Crippen molar-refractivity contribution in [2.75, 3.05) is 12.4 Å². The number of rotatable bonds is 8. The van der Waals surface area contributed by atoms with Crippen LogP contribution in [-0.2, 0) is 9.53 Å². The van der Waals surface area contributed by atoms with E-state index in [1.807, 2.05) is 6.07 Å². The molecule has 12 heteroatoms. The molecule has 33 heavy (non-hydrogen) atoms. The van der Waals surface area contributed by atoms with Crippen LogP contribution in [0.15, 0.2) is 28.8 Å². The number of hydrogen-bond donors (Lipinski definition) is 2. The number of hydrogen-bond acceptors (Lipinski definition) is 10. The Balaban J connectivity index is 1.66. The molecule has 170 valence electrons. The minimum atomic E-state index is -0.736. The second-order valence-corrected chi connectivity index (χ2v) is 7.93. The lowest BCUT2D eigenvalue weighted by Crippen LogP contribution is -2.37. The number of thiazole rings is 1. The summed E-state index contributed by atoms with van der Waals surface area (Å²) in [7, 11) is 1.26. The molecule has 0 saturated heterocycles. The van der Waals surface area contributed by atoms with Crippen LogP contribution in [0.4, 0.5) is 5.13 Å². The van der Waals surface area contributed by atoms with Gasteiger partial charge >= 0.3 is 5.97 Å². The molecule has 0 bridgehead atoms. The number of carbonyl (C=O) groups excluding carboxylic acids is 3. The number of ether oxygens (including phenoxy) is 1. The summed E-state index contributed by atoms with van der Waals surface area (Å²) in [5, 5.41) is 18.5. The fourth-order valence-corrected chi connectivity index (χ4v) is 3.80. The van der Waals surface area contributed by atoms with Crippen molar-refractivity contribution in [1.82, 2.24) is 20.4 Å². The number of nitrogens with one attached hydrogen (secondary N) is 2. The zero-order valence-corrected chi connectivity index (χ0v) is 18.9.